The summed E-state index contributed by atoms with van der Waals surface area (Å²) in [6, 6.07) is 12.3. The van der Waals surface area contributed by atoms with E-state index in [9.17, 15) is 23.3 Å². The van der Waals surface area contributed by atoms with Crippen molar-refractivity contribution in [2.75, 3.05) is 12.3 Å². The second-order valence-corrected chi connectivity index (χ2v) is 9.63. The van der Waals surface area contributed by atoms with Crippen molar-refractivity contribution in [3.63, 3.8) is 0 Å². The maximum atomic E-state index is 13.4. The fourth-order valence-corrected chi connectivity index (χ4v) is 4.90. The van der Waals surface area contributed by atoms with Crippen molar-refractivity contribution in [3.05, 3.63) is 91.4 Å². The Kier molecular flexibility index (Phi) is 7.24. The summed E-state index contributed by atoms with van der Waals surface area (Å²) >= 11 is 0. The number of hydrogen-bond acceptors (Lipinski definition) is 7. The molecule has 0 saturated heterocycles. The van der Waals surface area contributed by atoms with Gasteiger partial charge in [-0.3, -0.25) is 19.9 Å². The van der Waals surface area contributed by atoms with Gasteiger partial charge in [0, 0.05) is 36.5 Å². The average Bonchev–Trinajstić information content (AvgIpc) is 2.75. The summed E-state index contributed by atoms with van der Waals surface area (Å²) in [6.07, 6.45) is 0.683. The van der Waals surface area contributed by atoms with E-state index in [-0.39, 0.29) is 35.2 Å². The molecular formula is C22H25N5O5S. The van der Waals surface area contributed by atoms with Gasteiger partial charge in [-0.2, -0.15) is 4.31 Å². The van der Waals surface area contributed by atoms with Crippen LogP contribution in [0.5, 0.6) is 0 Å². The molecule has 174 valence electrons. The summed E-state index contributed by atoms with van der Waals surface area (Å²) < 4.78 is 28.0. The van der Waals surface area contributed by atoms with E-state index in [1.54, 1.807) is 31.2 Å². The first kappa shape index (κ1) is 24.1. The Morgan fingerprint density at radius 2 is 1.73 bits per heavy atom. The molecule has 0 saturated carbocycles. The zero-order valence-electron chi connectivity index (χ0n) is 18.3. The van der Waals surface area contributed by atoms with Crippen LogP contribution in [0.15, 0.2) is 58.2 Å². The highest BCUT2D eigenvalue weighted by molar-refractivity contribution is 7.89. The molecule has 3 N–H and O–H groups in total. The lowest BCUT2D eigenvalue weighted by molar-refractivity contribution is -0.384. The van der Waals surface area contributed by atoms with E-state index >= 15 is 0 Å². The number of hydrogen-bond donors (Lipinski definition) is 2. The molecule has 0 spiro atoms. The third-order valence-electron chi connectivity index (χ3n) is 5.24. The molecule has 0 radical (unpaired) electrons. The van der Waals surface area contributed by atoms with Crippen LogP contribution in [0.2, 0.25) is 0 Å². The van der Waals surface area contributed by atoms with Crippen LogP contribution >= 0.6 is 0 Å². The number of H-pyrrole nitrogens is 1. The van der Waals surface area contributed by atoms with Gasteiger partial charge in [0.15, 0.2) is 0 Å². The molecular weight excluding hydrogens is 446 g/mol. The molecule has 0 bridgehead atoms. The molecule has 2 aromatic carbocycles. The van der Waals surface area contributed by atoms with E-state index in [1.165, 1.54) is 28.6 Å². The molecule has 0 aliphatic heterocycles. The lowest BCUT2D eigenvalue weighted by atomic mass is 10.1. The van der Waals surface area contributed by atoms with Crippen LogP contribution in [-0.2, 0) is 23.0 Å². The van der Waals surface area contributed by atoms with Crippen molar-refractivity contribution >= 4 is 21.7 Å². The Balaban J connectivity index is 1.85. The highest BCUT2D eigenvalue weighted by Gasteiger charge is 2.25. The van der Waals surface area contributed by atoms with Crippen LogP contribution in [0.25, 0.3) is 0 Å². The second-order valence-electron chi connectivity index (χ2n) is 7.69. The Hall–Kier alpha value is -3.57. The van der Waals surface area contributed by atoms with Gasteiger partial charge in [-0.15, -0.1) is 0 Å². The first-order valence-electron chi connectivity index (χ1n) is 10.2. The average molecular weight is 472 g/mol. The number of aromatic amines is 1. The minimum absolute atomic E-state index is 0.0306. The predicted molar refractivity (Wildman–Crippen MR) is 124 cm³/mol. The Bertz CT molecular complexity index is 1300. The summed E-state index contributed by atoms with van der Waals surface area (Å²) in [5.74, 6) is 0.0306. The highest BCUT2D eigenvalue weighted by atomic mass is 32.2. The van der Waals surface area contributed by atoms with Gasteiger partial charge in [0.1, 0.15) is 0 Å². The molecule has 33 heavy (non-hydrogen) atoms. The fraction of sp³-hybridized carbons (Fsp3) is 0.273. The lowest BCUT2D eigenvalue weighted by Gasteiger charge is -2.22. The number of sulfonamides is 1. The van der Waals surface area contributed by atoms with E-state index in [4.69, 9.17) is 5.73 Å². The highest BCUT2D eigenvalue weighted by Crippen LogP contribution is 2.21. The summed E-state index contributed by atoms with van der Waals surface area (Å²) in [6.45, 7) is 3.71. The first-order valence-corrected chi connectivity index (χ1v) is 11.7. The molecule has 10 nitrogen and oxygen atoms in total. The van der Waals surface area contributed by atoms with Crippen molar-refractivity contribution in [1.29, 1.82) is 0 Å². The predicted octanol–water partition coefficient (Wildman–Crippen LogP) is 2.70. The summed E-state index contributed by atoms with van der Waals surface area (Å²) in [5.41, 5.74) is 7.63. The minimum atomic E-state index is -3.85. The quantitative estimate of drug-likeness (QED) is 0.359. The summed E-state index contributed by atoms with van der Waals surface area (Å²) in [7, 11) is -3.85. The van der Waals surface area contributed by atoms with E-state index in [0.29, 0.717) is 29.7 Å². The Labute approximate surface area is 191 Å². The lowest BCUT2D eigenvalue weighted by Crippen LogP contribution is -2.32. The summed E-state index contributed by atoms with van der Waals surface area (Å²) in [4.78, 5) is 29.3. The summed E-state index contributed by atoms with van der Waals surface area (Å²) in [5, 5.41) is 10.9. The van der Waals surface area contributed by atoms with Crippen LogP contribution in [0.1, 0.15) is 28.8 Å². The van der Waals surface area contributed by atoms with Crippen molar-refractivity contribution in [1.82, 2.24) is 14.3 Å². The maximum absolute atomic E-state index is 13.4. The monoisotopic (exact) mass is 471 g/mol. The number of nitrogens with one attached hydrogen (secondary N) is 1. The van der Waals surface area contributed by atoms with E-state index in [2.05, 4.69) is 9.97 Å². The molecule has 1 aromatic heterocycles. The van der Waals surface area contributed by atoms with Gasteiger partial charge in [-0.25, -0.2) is 13.4 Å². The Morgan fingerprint density at radius 3 is 2.30 bits per heavy atom. The SMILES string of the molecule is Cc1ccc(S(=O)(=O)N(CCCc2c(C)nc(N)[nH]c2=O)Cc2ccc([N+](=O)[O-])cc2)cc1. The zero-order valence-corrected chi connectivity index (χ0v) is 19.1. The van der Waals surface area contributed by atoms with E-state index in [0.717, 1.165) is 5.56 Å². The number of non-ortho nitro benzene ring substituents is 1. The van der Waals surface area contributed by atoms with Crippen LogP contribution in [-0.4, -0.2) is 34.2 Å². The molecule has 3 rings (SSSR count). The normalized spacial score (nSPS) is 11.6. The number of nitrogen functional groups attached to an aromatic ring is 1. The number of nitrogens with zero attached hydrogens (tertiary/aromatic N) is 3. The van der Waals surface area contributed by atoms with Crippen LogP contribution < -0.4 is 11.3 Å². The van der Waals surface area contributed by atoms with Crippen molar-refractivity contribution in [3.8, 4) is 0 Å². The first-order chi connectivity index (χ1) is 15.6. The third-order valence-corrected chi connectivity index (χ3v) is 7.10. The smallest absolute Gasteiger partial charge is 0.269 e. The van der Waals surface area contributed by atoms with Crippen molar-refractivity contribution in [2.45, 2.75) is 38.1 Å². The van der Waals surface area contributed by atoms with Gasteiger partial charge in [0.25, 0.3) is 11.2 Å². The van der Waals surface area contributed by atoms with Crippen LogP contribution in [0.4, 0.5) is 11.6 Å². The van der Waals surface area contributed by atoms with Gasteiger partial charge >= 0.3 is 0 Å². The molecule has 0 atom stereocenters. The van der Waals surface area contributed by atoms with Gasteiger partial charge in [0.05, 0.1) is 9.82 Å². The topological polar surface area (TPSA) is 152 Å². The minimum Gasteiger partial charge on any atom is -0.369 e. The van der Waals surface area contributed by atoms with Gasteiger partial charge in [0.2, 0.25) is 16.0 Å². The maximum Gasteiger partial charge on any atom is 0.269 e. The molecule has 0 unspecified atom stereocenters. The molecule has 0 fully saturated rings. The standard InChI is InChI=1S/C22H25N5O5S/c1-15-5-11-19(12-6-15)33(31,32)26(14-17-7-9-18(10-8-17)27(29)30)13-3-4-20-16(2)24-22(23)25-21(20)28/h5-12H,3-4,13-14H2,1-2H3,(H3,23,24,25,28). The van der Waals surface area contributed by atoms with E-state index in [1.807, 2.05) is 6.92 Å². The number of nitro groups is 1. The number of benzene rings is 2. The number of rotatable bonds is 9. The molecule has 0 aliphatic rings. The number of nitrogens with two attached hydrogens (primary N) is 1. The number of nitro benzene ring substituents is 1. The van der Waals surface area contributed by atoms with Crippen molar-refractivity contribution < 1.29 is 13.3 Å². The number of aromatic nitrogens is 2. The largest absolute Gasteiger partial charge is 0.369 e. The Morgan fingerprint density at radius 1 is 1.09 bits per heavy atom. The zero-order chi connectivity index (χ0) is 24.2. The number of anilines is 1. The second kappa shape index (κ2) is 9.92. The van der Waals surface area contributed by atoms with Gasteiger partial charge in [-0.05, 0) is 44.4 Å². The van der Waals surface area contributed by atoms with Gasteiger partial charge in [-0.1, -0.05) is 29.8 Å². The van der Waals surface area contributed by atoms with Gasteiger partial charge < -0.3 is 5.73 Å². The molecule has 3 aromatic rings. The fourth-order valence-electron chi connectivity index (χ4n) is 3.43. The molecule has 1 heterocycles. The van der Waals surface area contributed by atoms with Crippen LogP contribution in [0.3, 0.4) is 0 Å². The molecule has 0 aliphatic carbocycles. The number of aryl methyl sites for hydroxylation is 2. The van der Waals surface area contributed by atoms with E-state index < -0.39 is 14.9 Å². The molecule has 0 amide bonds. The van der Waals surface area contributed by atoms with Crippen molar-refractivity contribution in [2.24, 2.45) is 0 Å². The molecule has 11 heteroatoms. The van der Waals surface area contributed by atoms with Crippen LogP contribution in [0, 0.1) is 24.0 Å². The third kappa shape index (κ3) is 5.82.